The minimum atomic E-state index is 0.192. The zero-order chi connectivity index (χ0) is 6.85. The van der Waals surface area contributed by atoms with E-state index in [2.05, 4.69) is 5.32 Å². The number of carbonyl (C=O) groups is 1. The van der Waals surface area contributed by atoms with Gasteiger partial charge in [-0.3, -0.25) is 4.79 Å². The van der Waals surface area contributed by atoms with Crippen molar-refractivity contribution in [2.45, 2.75) is 19.8 Å². The van der Waals surface area contributed by atoms with Gasteiger partial charge in [-0.05, 0) is 18.8 Å². The Hall–Kier alpha value is -0.530. The fraction of sp³-hybridized carbons (Fsp3) is 0.857. The lowest BCUT2D eigenvalue weighted by molar-refractivity contribution is -0.124. The van der Waals surface area contributed by atoms with Gasteiger partial charge in [0.25, 0.3) is 0 Å². The Balaban J connectivity index is 2.30. The van der Waals surface area contributed by atoms with E-state index in [0.29, 0.717) is 5.92 Å². The van der Waals surface area contributed by atoms with Gasteiger partial charge in [0.15, 0.2) is 0 Å². The van der Waals surface area contributed by atoms with Crippen molar-refractivity contribution < 1.29 is 4.79 Å². The molecule has 1 unspecified atom stereocenters. The van der Waals surface area contributed by atoms with Crippen molar-refractivity contribution in [3.63, 3.8) is 0 Å². The molecule has 0 radical (unpaired) electrons. The van der Waals surface area contributed by atoms with E-state index in [4.69, 9.17) is 0 Å². The normalized spacial score (nSPS) is 21.1. The molecule has 52 valence electrons. The van der Waals surface area contributed by atoms with Crippen molar-refractivity contribution in [1.29, 1.82) is 0 Å². The van der Waals surface area contributed by atoms with E-state index < -0.39 is 0 Å². The van der Waals surface area contributed by atoms with Crippen LogP contribution in [0.2, 0.25) is 0 Å². The third kappa shape index (κ3) is 1.44. The molecule has 1 fully saturated rings. The summed E-state index contributed by atoms with van der Waals surface area (Å²) in [4.78, 5) is 10.9. The lowest BCUT2D eigenvalue weighted by Crippen LogP contribution is -2.26. The van der Waals surface area contributed by atoms with E-state index in [0.717, 1.165) is 0 Å². The van der Waals surface area contributed by atoms with Crippen LogP contribution in [-0.4, -0.2) is 13.0 Å². The highest BCUT2D eigenvalue weighted by Crippen LogP contribution is 2.36. The molecule has 0 aliphatic heterocycles. The van der Waals surface area contributed by atoms with E-state index in [1.54, 1.807) is 7.05 Å². The molecular weight excluding hydrogens is 114 g/mol. The minimum Gasteiger partial charge on any atom is -0.359 e. The van der Waals surface area contributed by atoms with E-state index in [1.165, 1.54) is 12.8 Å². The zero-order valence-corrected chi connectivity index (χ0v) is 5.98. The molecule has 1 amide bonds. The molecule has 0 spiro atoms. The predicted octanol–water partition coefficient (Wildman–Crippen LogP) is 0.778. The number of rotatable bonds is 2. The Morgan fingerprint density at radius 3 is 2.56 bits per heavy atom. The molecule has 0 saturated heterocycles. The Morgan fingerprint density at radius 1 is 1.67 bits per heavy atom. The van der Waals surface area contributed by atoms with E-state index in [-0.39, 0.29) is 11.8 Å². The molecule has 0 bridgehead atoms. The second-order valence-corrected chi connectivity index (χ2v) is 2.74. The van der Waals surface area contributed by atoms with E-state index >= 15 is 0 Å². The van der Waals surface area contributed by atoms with Crippen LogP contribution >= 0.6 is 0 Å². The first-order valence-corrected chi connectivity index (χ1v) is 3.47. The molecule has 1 atom stereocenters. The molecule has 2 heteroatoms. The number of nitrogens with one attached hydrogen (secondary N) is 1. The second kappa shape index (κ2) is 2.38. The van der Waals surface area contributed by atoms with Gasteiger partial charge in [0.2, 0.25) is 5.91 Å². The first-order valence-electron chi connectivity index (χ1n) is 3.47. The van der Waals surface area contributed by atoms with Crippen molar-refractivity contribution in [1.82, 2.24) is 5.32 Å². The molecular formula is C7H13NO. The molecule has 1 aliphatic rings. The monoisotopic (exact) mass is 127 g/mol. The van der Waals surface area contributed by atoms with Gasteiger partial charge < -0.3 is 5.32 Å². The SMILES string of the molecule is CNC(=O)C(C)C1CC1. The van der Waals surface area contributed by atoms with Crippen molar-refractivity contribution in [2.24, 2.45) is 11.8 Å². The summed E-state index contributed by atoms with van der Waals surface area (Å²) in [5.74, 6) is 1.12. The Bertz CT molecular complexity index is 118. The lowest BCUT2D eigenvalue weighted by atomic mass is 10.1. The second-order valence-electron chi connectivity index (χ2n) is 2.74. The summed E-state index contributed by atoms with van der Waals surface area (Å²) in [5.41, 5.74) is 0. The average Bonchev–Trinajstić information content (AvgIpc) is 2.66. The topological polar surface area (TPSA) is 29.1 Å². The number of hydrogen-bond donors (Lipinski definition) is 1. The third-order valence-electron chi connectivity index (χ3n) is 1.99. The number of amides is 1. The Labute approximate surface area is 55.6 Å². The van der Waals surface area contributed by atoms with Crippen molar-refractivity contribution in [2.75, 3.05) is 7.05 Å². The van der Waals surface area contributed by atoms with Crippen LogP contribution in [0.1, 0.15) is 19.8 Å². The maximum absolute atomic E-state index is 10.9. The van der Waals surface area contributed by atoms with Crippen LogP contribution in [0.15, 0.2) is 0 Å². The van der Waals surface area contributed by atoms with Gasteiger partial charge in [-0.15, -0.1) is 0 Å². The third-order valence-corrected chi connectivity index (χ3v) is 1.99. The highest BCUT2D eigenvalue weighted by molar-refractivity contribution is 5.78. The van der Waals surface area contributed by atoms with Crippen LogP contribution in [-0.2, 0) is 4.79 Å². The standard InChI is InChI=1S/C7H13NO/c1-5(6-3-4-6)7(9)8-2/h5-6H,3-4H2,1-2H3,(H,8,9). The van der Waals surface area contributed by atoms with Gasteiger partial charge >= 0.3 is 0 Å². The average molecular weight is 127 g/mol. The molecule has 1 saturated carbocycles. The molecule has 0 aromatic rings. The first-order chi connectivity index (χ1) is 4.25. The fourth-order valence-corrected chi connectivity index (χ4v) is 1.04. The molecule has 1 aliphatic carbocycles. The minimum absolute atomic E-state index is 0.192. The molecule has 9 heavy (non-hydrogen) atoms. The van der Waals surface area contributed by atoms with Gasteiger partial charge in [0.1, 0.15) is 0 Å². The van der Waals surface area contributed by atoms with Crippen LogP contribution in [0.3, 0.4) is 0 Å². The van der Waals surface area contributed by atoms with Gasteiger partial charge in [-0.1, -0.05) is 6.92 Å². The van der Waals surface area contributed by atoms with Crippen molar-refractivity contribution in [3.8, 4) is 0 Å². The Morgan fingerprint density at radius 2 is 2.22 bits per heavy atom. The molecule has 2 nitrogen and oxygen atoms in total. The summed E-state index contributed by atoms with van der Waals surface area (Å²) in [6, 6.07) is 0. The fourth-order valence-electron chi connectivity index (χ4n) is 1.04. The van der Waals surface area contributed by atoms with E-state index in [9.17, 15) is 4.79 Å². The molecule has 0 aromatic heterocycles. The zero-order valence-electron chi connectivity index (χ0n) is 5.98. The summed E-state index contributed by atoms with van der Waals surface area (Å²) >= 11 is 0. The lowest BCUT2D eigenvalue weighted by Gasteiger charge is -2.05. The van der Waals surface area contributed by atoms with Crippen LogP contribution < -0.4 is 5.32 Å². The van der Waals surface area contributed by atoms with Crippen LogP contribution in [0.5, 0.6) is 0 Å². The van der Waals surface area contributed by atoms with Gasteiger partial charge in [0.05, 0.1) is 0 Å². The van der Waals surface area contributed by atoms with E-state index in [1.807, 2.05) is 6.92 Å². The smallest absolute Gasteiger partial charge is 0.222 e. The van der Waals surface area contributed by atoms with Crippen molar-refractivity contribution in [3.05, 3.63) is 0 Å². The summed E-state index contributed by atoms with van der Waals surface area (Å²) in [6.07, 6.45) is 2.49. The summed E-state index contributed by atoms with van der Waals surface area (Å²) in [5, 5.41) is 2.65. The largest absolute Gasteiger partial charge is 0.359 e. The highest BCUT2D eigenvalue weighted by atomic mass is 16.1. The van der Waals surface area contributed by atoms with Gasteiger partial charge in [0, 0.05) is 13.0 Å². The number of hydrogen-bond acceptors (Lipinski definition) is 1. The van der Waals surface area contributed by atoms with Crippen LogP contribution in [0, 0.1) is 11.8 Å². The summed E-state index contributed by atoms with van der Waals surface area (Å²) < 4.78 is 0. The maximum atomic E-state index is 10.9. The van der Waals surface area contributed by atoms with Crippen LogP contribution in [0.25, 0.3) is 0 Å². The molecule has 0 aromatic carbocycles. The summed E-state index contributed by atoms with van der Waals surface area (Å²) in [6.45, 7) is 2.00. The summed E-state index contributed by atoms with van der Waals surface area (Å²) in [7, 11) is 1.70. The van der Waals surface area contributed by atoms with Gasteiger partial charge in [-0.25, -0.2) is 0 Å². The first kappa shape index (κ1) is 6.59. The van der Waals surface area contributed by atoms with Crippen molar-refractivity contribution >= 4 is 5.91 Å². The predicted molar refractivity (Wildman–Crippen MR) is 36.0 cm³/mol. The quantitative estimate of drug-likeness (QED) is 0.583. The Kier molecular flexibility index (Phi) is 1.74. The maximum Gasteiger partial charge on any atom is 0.222 e. The highest BCUT2D eigenvalue weighted by Gasteiger charge is 2.31. The van der Waals surface area contributed by atoms with Gasteiger partial charge in [-0.2, -0.15) is 0 Å². The van der Waals surface area contributed by atoms with Crippen LogP contribution in [0.4, 0.5) is 0 Å². The molecule has 1 rings (SSSR count). The molecule has 0 heterocycles. The number of carbonyl (C=O) groups excluding carboxylic acids is 1. The molecule has 1 N–H and O–H groups in total.